The molecule has 0 amide bonds. The van der Waals surface area contributed by atoms with Crippen molar-refractivity contribution >= 4 is 0 Å². The Hall–Kier alpha value is -0.920. The van der Waals surface area contributed by atoms with Crippen molar-refractivity contribution in [1.29, 1.82) is 0 Å². The molecule has 1 radical (unpaired) electrons. The highest BCUT2D eigenvalue weighted by Crippen LogP contribution is 1.91. The van der Waals surface area contributed by atoms with Crippen LogP contribution in [0.25, 0.3) is 0 Å². The number of hydrogen-bond acceptors (Lipinski definition) is 1. The lowest BCUT2D eigenvalue weighted by Crippen LogP contribution is -1.66. The number of hydrogen-bond donors (Lipinski definition) is 0. The topological polar surface area (TPSA) is 29.1 Å². The number of ether oxygens (including phenoxy) is 1. The van der Waals surface area contributed by atoms with E-state index in [9.17, 15) is 5.11 Å². The van der Waals surface area contributed by atoms with Crippen LogP contribution in [0.3, 0.4) is 0 Å². The van der Waals surface area contributed by atoms with Crippen LogP contribution in [-0.2, 0) is 9.84 Å². The van der Waals surface area contributed by atoms with Crippen molar-refractivity contribution in [3.8, 4) is 0 Å². The van der Waals surface area contributed by atoms with E-state index in [0.717, 1.165) is 19.1 Å². The molecule has 0 N–H and O–H groups in total. The quantitative estimate of drug-likeness (QED) is 0.418. The average Bonchev–Trinajstić information content (AvgIpc) is 1.89. The smallest absolute Gasteiger partial charge is 0.138 e. The van der Waals surface area contributed by atoms with E-state index < -0.39 is 0 Å². The molecular formula is C7H11O2. The van der Waals surface area contributed by atoms with Gasteiger partial charge in [-0.25, -0.2) is 0 Å². The van der Waals surface area contributed by atoms with Crippen LogP contribution in [0.4, 0.5) is 0 Å². The molecule has 0 spiro atoms. The lowest BCUT2D eigenvalue weighted by Gasteiger charge is -1.84. The summed E-state index contributed by atoms with van der Waals surface area (Å²) in [7, 11) is 1.60. The van der Waals surface area contributed by atoms with Gasteiger partial charge in [-0.15, -0.1) is 0 Å². The predicted molar refractivity (Wildman–Crippen MR) is 35.2 cm³/mol. The highest BCUT2D eigenvalue weighted by atomic mass is 16.5. The summed E-state index contributed by atoms with van der Waals surface area (Å²) in [6.07, 6.45) is 7.54. The zero-order valence-corrected chi connectivity index (χ0v) is 5.54. The lowest BCUT2D eigenvalue weighted by molar-refractivity contribution is 0.336. The van der Waals surface area contributed by atoms with Crippen molar-refractivity contribution in [2.24, 2.45) is 0 Å². The number of methoxy groups -OCH3 is 1. The minimum Gasteiger partial charge on any atom is -0.505 e. The summed E-state index contributed by atoms with van der Waals surface area (Å²) in [5, 5.41) is 9.73. The molecule has 0 unspecified atom stereocenters. The molecule has 0 aromatic rings. The SMILES string of the molecule is CO/C=C/CC/C=C/[O]. The third-order valence-electron chi connectivity index (χ3n) is 0.829. The van der Waals surface area contributed by atoms with Gasteiger partial charge in [0.15, 0.2) is 0 Å². The van der Waals surface area contributed by atoms with E-state index in [1.54, 1.807) is 19.4 Å². The van der Waals surface area contributed by atoms with Gasteiger partial charge in [0.05, 0.1) is 13.4 Å². The van der Waals surface area contributed by atoms with Gasteiger partial charge in [-0.3, -0.25) is 5.11 Å². The van der Waals surface area contributed by atoms with Crippen LogP contribution in [0.5, 0.6) is 0 Å². The van der Waals surface area contributed by atoms with Gasteiger partial charge >= 0.3 is 0 Å². The number of allylic oxidation sites excluding steroid dienone is 2. The normalized spacial score (nSPS) is 11.2. The molecule has 0 aliphatic carbocycles. The second-order valence-corrected chi connectivity index (χ2v) is 1.56. The van der Waals surface area contributed by atoms with Crippen LogP contribution in [0.2, 0.25) is 0 Å². The van der Waals surface area contributed by atoms with Gasteiger partial charge in [-0.05, 0) is 25.0 Å². The fourth-order valence-corrected chi connectivity index (χ4v) is 0.425. The van der Waals surface area contributed by atoms with Crippen LogP contribution in [-0.4, -0.2) is 7.11 Å². The molecule has 0 aromatic heterocycles. The van der Waals surface area contributed by atoms with Crippen LogP contribution in [0, 0.1) is 0 Å². The Morgan fingerprint density at radius 3 is 2.56 bits per heavy atom. The van der Waals surface area contributed by atoms with Crippen LogP contribution in [0.15, 0.2) is 24.7 Å². The Bertz CT molecular complexity index is 95.1. The van der Waals surface area contributed by atoms with E-state index in [4.69, 9.17) is 0 Å². The van der Waals surface area contributed by atoms with E-state index in [2.05, 4.69) is 4.74 Å². The van der Waals surface area contributed by atoms with Gasteiger partial charge in [0.2, 0.25) is 0 Å². The van der Waals surface area contributed by atoms with Crippen LogP contribution < -0.4 is 0 Å². The van der Waals surface area contributed by atoms with Gasteiger partial charge in [-0.2, -0.15) is 0 Å². The van der Waals surface area contributed by atoms with Gasteiger partial charge in [-0.1, -0.05) is 0 Å². The van der Waals surface area contributed by atoms with E-state index in [0.29, 0.717) is 0 Å². The maximum Gasteiger partial charge on any atom is 0.138 e. The fourth-order valence-electron chi connectivity index (χ4n) is 0.425. The standard InChI is InChI=1S/C7H11O2/c1-9-7-5-3-2-4-6-8/h4-7H,2-3H2,1H3/b6-4+,7-5+. The maximum atomic E-state index is 9.73. The van der Waals surface area contributed by atoms with Crippen molar-refractivity contribution in [3.05, 3.63) is 24.7 Å². The summed E-state index contributed by atoms with van der Waals surface area (Å²) in [5.41, 5.74) is 0. The third kappa shape index (κ3) is 7.08. The Kier molecular flexibility index (Phi) is 6.36. The van der Waals surface area contributed by atoms with Crippen molar-refractivity contribution < 1.29 is 9.84 Å². The lowest BCUT2D eigenvalue weighted by atomic mass is 10.3. The molecule has 0 rings (SSSR count). The second-order valence-electron chi connectivity index (χ2n) is 1.56. The Morgan fingerprint density at radius 1 is 1.33 bits per heavy atom. The molecule has 9 heavy (non-hydrogen) atoms. The Morgan fingerprint density at radius 2 is 2.00 bits per heavy atom. The van der Waals surface area contributed by atoms with Gasteiger partial charge in [0, 0.05) is 0 Å². The number of unbranched alkanes of at least 4 members (excludes halogenated alkanes) is 1. The third-order valence-corrected chi connectivity index (χ3v) is 0.829. The van der Waals surface area contributed by atoms with Crippen molar-refractivity contribution in [2.75, 3.05) is 7.11 Å². The fraction of sp³-hybridized carbons (Fsp3) is 0.429. The first-order valence-electron chi connectivity index (χ1n) is 2.86. The second kappa shape index (κ2) is 7.08. The molecule has 2 heteroatoms. The summed E-state index contributed by atoms with van der Waals surface area (Å²) in [6, 6.07) is 0. The van der Waals surface area contributed by atoms with Crippen molar-refractivity contribution in [2.45, 2.75) is 12.8 Å². The van der Waals surface area contributed by atoms with E-state index >= 15 is 0 Å². The van der Waals surface area contributed by atoms with Crippen molar-refractivity contribution in [3.63, 3.8) is 0 Å². The molecular weight excluding hydrogens is 116 g/mol. The zero-order valence-electron chi connectivity index (χ0n) is 5.54. The molecule has 0 aliphatic heterocycles. The summed E-state index contributed by atoms with van der Waals surface area (Å²) in [4.78, 5) is 0. The van der Waals surface area contributed by atoms with Crippen molar-refractivity contribution in [1.82, 2.24) is 0 Å². The number of rotatable bonds is 4. The molecule has 2 nitrogen and oxygen atoms in total. The molecule has 0 heterocycles. The average molecular weight is 127 g/mol. The summed E-state index contributed by atoms with van der Waals surface area (Å²) in [5.74, 6) is 0. The first-order valence-corrected chi connectivity index (χ1v) is 2.86. The first kappa shape index (κ1) is 8.08. The van der Waals surface area contributed by atoms with Gasteiger partial charge in [0.1, 0.15) is 6.26 Å². The van der Waals surface area contributed by atoms with E-state index in [-0.39, 0.29) is 0 Å². The van der Waals surface area contributed by atoms with E-state index in [1.165, 1.54) is 0 Å². The zero-order chi connectivity index (χ0) is 6.95. The molecule has 0 saturated carbocycles. The minimum atomic E-state index is 0.795. The summed E-state index contributed by atoms with van der Waals surface area (Å²) >= 11 is 0. The maximum absolute atomic E-state index is 9.73. The van der Waals surface area contributed by atoms with E-state index in [1.807, 2.05) is 6.08 Å². The monoisotopic (exact) mass is 127 g/mol. The predicted octanol–water partition coefficient (Wildman–Crippen LogP) is 1.87. The molecule has 0 bridgehead atoms. The molecule has 0 aromatic carbocycles. The summed E-state index contributed by atoms with van der Waals surface area (Å²) < 4.78 is 4.64. The summed E-state index contributed by atoms with van der Waals surface area (Å²) in [6.45, 7) is 0. The first-order chi connectivity index (χ1) is 4.41. The highest BCUT2D eigenvalue weighted by molar-refractivity contribution is 4.79. The van der Waals surface area contributed by atoms with Gasteiger partial charge in [0.25, 0.3) is 0 Å². The van der Waals surface area contributed by atoms with Crippen LogP contribution >= 0.6 is 0 Å². The minimum absolute atomic E-state index is 0.795. The highest BCUT2D eigenvalue weighted by Gasteiger charge is 1.74. The molecule has 0 aliphatic rings. The molecule has 0 fully saturated rings. The Balaban J connectivity index is 2.99. The Labute approximate surface area is 55.5 Å². The molecule has 0 atom stereocenters. The largest absolute Gasteiger partial charge is 0.505 e. The molecule has 0 saturated heterocycles. The van der Waals surface area contributed by atoms with Crippen LogP contribution in [0.1, 0.15) is 12.8 Å². The van der Waals surface area contributed by atoms with Gasteiger partial charge < -0.3 is 4.74 Å². The molecule has 51 valence electrons.